The molecule has 27 heavy (non-hydrogen) atoms. The van der Waals surface area contributed by atoms with E-state index in [1.807, 2.05) is 0 Å². The maximum atomic E-state index is 13.4. The molecule has 0 aliphatic carbocycles. The average molecular weight is 385 g/mol. The number of alkyl halides is 6. The molecule has 2 heterocycles. The Morgan fingerprint density at radius 1 is 0.963 bits per heavy atom. The van der Waals surface area contributed by atoms with Gasteiger partial charge in [-0.25, -0.2) is 4.68 Å². The monoisotopic (exact) mass is 385 g/mol. The fourth-order valence-corrected chi connectivity index (χ4v) is 2.48. The first-order chi connectivity index (χ1) is 12.6. The SMILES string of the molecule is O=Cc1cc(-c2cccnc2)n(-c2ccc(C(F)(F)F)cc2C(F)(F)F)n1. The summed E-state index contributed by atoms with van der Waals surface area (Å²) in [5, 5.41) is 3.78. The van der Waals surface area contributed by atoms with Gasteiger partial charge in [0.1, 0.15) is 5.69 Å². The summed E-state index contributed by atoms with van der Waals surface area (Å²) in [7, 11) is 0. The Kier molecular flexibility index (Phi) is 4.50. The van der Waals surface area contributed by atoms with Crippen LogP contribution < -0.4 is 0 Å². The summed E-state index contributed by atoms with van der Waals surface area (Å²) in [6.07, 6.45) is -6.92. The molecule has 0 spiro atoms. The smallest absolute Gasteiger partial charge is 0.296 e. The van der Waals surface area contributed by atoms with Crippen LogP contribution in [-0.2, 0) is 12.4 Å². The molecular weight excluding hydrogens is 376 g/mol. The maximum Gasteiger partial charge on any atom is 0.418 e. The van der Waals surface area contributed by atoms with Gasteiger partial charge in [-0.15, -0.1) is 0 Å². The van der Waals surface area contributed by atoms with Crippen molar-refractivity contribution in [3.63, 3.8) is 0 Å². The summed E-state index contributed by atoms with van der Waals surface area (Å²) < 4.78 is 79.6. The minimum absolute atomic E-state index is 0.0185. The van der Waals surface area contributed by atoms with Crippen molar-refractivity contribution in [1.82, 2.24) is 14.8 Å². The molecule has 0 atom stereocenters. The molecule has 0 saturated carbocycles. The molecule has 0 bridgehead atoms. The fourth-order valence-electron chi connectivity index (χ4n) is 2.48. The van der Waals surface area contributed by atoms with Crippen LogP contribution in [0.5, 0.6) is 0 Å². The molecule has 10 heteroatoms. The van der Waals surface area contributed by atoms with Crippen LogP contribution in [0.15, 0.2) is 48.8 Å². The summed E-state index contributed by atoms with van der Waals surface area (Å²) in [4.78, 5) is 14.9. The van der Waals surface area contributed by atoms with E-state index in [-0.39, 0.29) is 17.5 Å². The van der Waals surface area contributed by atoms with Gasteiger partial charge in [0.25, 0.3) is 0 Å². The highest BCUT2D eigenvalue weighted by Crippen LogP contribution is 2.39. The lowest BCUT2D eigenvalue weighted by Gasteiger charge is -2.17. The van der Waals surface area contributed by atoms with E-state index in [1.165, 1.54) is 30.6 Å². The Morgan fingerprint density at radius 2 is 1.70 bits per heavy atom. The number of aldehydes is 1. The summed E-state index contributed by atoms with van der Waals surface area (Å²) >= 11 is 0. The molecule has 2 aromatic heterocycles. The van der Waals surface area contributed by atoms with E-state index in [1.54, 1.807) is 0 Å². The van der Waals surface area contributed by atoms with Gasteiger partial charge >= 0.3 is 12.4 Å². The molecule has 0 fully saturated rings. The average Bonchev–Trinajstić information content (AvgIpc) is 3.05. The molecule has 4 nitrogen and oxygen atoms in total. The van der Waals surface area contributed by atoms with Crippen LogP contribution in [0.2, 0.25) is 0 Å². The molecule has 140 valence electrons. The fraction of sp³-hybridized carbons (Fsp3) is 0.118. The van der Waals surface area contributed by atoms with Crippen molar-refractivity contribution in [2.24, 2.45) is 0 Å². The third kappa shape index (κ3) is 3.69. The van der Waals surface area contributed by atoms with E-state index in [0.717, 1.165) is 4.68 Å². The van der Waals surface area contributed by atoms with Crippen molar-refractivity contribution in [1.29, 1.82) is 0 Å². The number of nitrogens with zero attached hydrogens (tertiary/aromatic N) is 3. The van der Waals surface area contributed by atoms with Gasteiger partial charge in [-0.05, 0) is 36.4 Å². The van der Waals surface area contributed by atoms with Gasteiger partial charge < -0.3 is 0 Å². The summed E-state index contributed by atoms with van der Waals surface area (Å²) in [5.41, 5.74) is -3.36. The molecule has 1 aromatic carbocycles. The van der Waals surface area contributed by atoms with Crippen molar-refractivity contribution in [2.45, 2.75) is 12.4 Å². The molecule has 0 amide bonds. The van der Waals surface area contributed by atoms with Gasteiger partial charge in [-0.2, -0.15) is 31.4 Å². The highest BCUT2D eigenvalue weighted by Gasteiger charge is 2.39. The summed E-state index contributed by atoms with van der Waals surface area (Å²) in [6.45, 7) is 0. The Morgan fingerprint density at radius 3 is 2.26 bits per heavy atom. The predicted molar refractivity (Wildman–Crippen MR) is 82.2 cm³/mol. The van der Waals surface area contributed by atoms with Crippen LogP contribution in [0.25, 0.3) is 16.9 Å². The number of hydrogen-bond acceptors (Lipinski definition) is 3. The molecule has 0 N–H and O–H groups in total. The molecule has 0 unspecified atom stereocenters. The van der Waals surface area contributed by atoms with Gasteiger partial charge in [-0.1, -0.05) is 0 Å². The molecule has 0 saturated heterocycles. The Balaban J connectivity index is 2.28. The van der Waals surface area contributed by atoms with E-state index in [4.69, 9.17) is 0 Å². The number of rotatable bonds is 3. The second-order valence-corrected chi connectivity index (χ2v) is 5.45. The van der Waals surface area contributed by atoms with Gasteiger partial charge in [0.2, 0.25) is 0 Å². The summed E-state index contributed by atoms with van der Waals surface area (Å²) in [6, 6.07) is 5.48. The summed E-state index contributed by atoms with van der Waals surface area (Å²) in [5.74, 6) is 0. The van der Waals surface area contributed by atoms with Gasteiger partial charge in [0, 0.05) is 18.0 Å². The molecular formula is C17H9F6N3O. The highest BCUT2D eigenvalue weighted by atomic mass is 19.4. The highest BCUT2D eigenvalue weighted by molar-refractivity contribution is 5.76. The van der Waals surface area contributed by atoms with E-state index in [2.05, 4.69) is 10.1 Å². The van der Waals surface area contributed by atoms with Crippen molar-refractivity contribution < 1.29 is 31.1 Å². The van der Waals surface area contributed by atoms with Crippen LogP contribution in [-0.4, -0.2) is 21.1 Å². The van der Waals surface area contributed by atoms with Crippen molar-refractivity contribution in [2.75, 3.05) is 0 Å². The van der Waals surface area contributed by atoms with Gasteiger partial charge in [-0.3, -0.25) is 9.78 Å². The van der Waals surface area contributed by atoms with E-state index in [0.29, 0.717) is 24.0 Å². The normalized spacial score (nSPS) is 12.2. The van der Waals surface area contributed by atoms with E-state index in [9.17, 15) is 31.1 Å². The second kappa shape index (κ2) is 6.53. The topological polar surface area (TPSA) is 47.8 Å². The van der Waals surface area contributed by atoms with Crippen molar-refractivity contribution in [3.05, 3.63) is 65.6 Å². The minimum Gasteiger partial charge on any atom is -0.296 e. The van der Waals surface area contributed by atoms with Crippen molar-refractivity contribution in [3.8, 4) is 16.9 Å². The van der Waals surface area contributed by atoms with Crippen LogP contribution in [0.1, 0.15) is 21.6 Å². The molecule has 0 aliphatic rings. The van der Waals surface area contributed by atoms with E-state index < -0.39 is 29.2 Å². The molecule has 3 aromatic rings. The number of aromatic nitrogens is 3. The van der Waals surface area contributed by atoms with Crippen molar-refractivity contribution >= 4 is 6.29 Å². The first-order valence-corrected chi connectivity index (χ1v) is 7.35. The number of benzene rings is 1. The number of carbonyl (C=O) groups is 1. The predicted octanol–water partition coefficient (Wildman–Crippen LogP) is 4.78. The number of halogens is 6. The Bertz CT molecular complexity index is 977. The minimum atomic E-state index is -5.07. The zero-order valence-electron chi connectivity index (χ0n) is 13.2. The lowest BCUT2D eigenvalue weighted by Crippen LogP contribution is -2.15. The Labute approximate surface area is 148 Å². The standard InChI is InChI=1S/C17H9F6N3O/c18-16(19,20)11-3-4-14(13(6-11)17(21,22)23)26-15(7-12(9-27)25-26)10-2-1-5-24-8-10/h1-9H. The largest absolute Gasteiger partial charge is 0.418 e. The van der Waals surface area contributed by atoms with Gasteiger partial charge in [0.15, 0.2) is 6.29 Å². The maximum absolute atomic E-state index is 13.4. The quantitative estimate of drug-likeness (QED) is 0.481. The lowest BCUT2D eigenvalue weighted by atomic mass is 10.1. The molecule has 0 radical (unpaired) electrons. The number of carbonyl (C=O) groups excluding carboxylic acids is 1. The van der Waals surface area contributed by atoms with Gasteiger partial charge in [0.05, 0.1) is 22.5 Å². The lowest BCUT2D eigenvalue weighted by molar-refractivity contribution is -0.143. The number of pyridine rings is 1. The second-order valence-electron chi connectivity index (χ2n) is 5.45. The van der Waals surface area contributed by atoms with Crippen LogP contribution >= 0.6 is 0 Å². The van der Waals surface area contributed by atoms with Crippen LogP contribution in [0.3, 0.4) is 0 Å². The molecule has 0 aliphatic heterocycles. The van der Waals surface area contributed by atoms with Crippen LogP contribution in [0.4, 0.5) is 26.3 Å². The zero-order valence-corrected chi connectivity index (χ0v) is 13.2. The third-order valence-electron chi connectivity index (χ3n) is 3.66. The number of hydrogen-bond donors (Lipinski definition) is 0. The first-order valence-electron chi connectivity index (χ1n) is 7.35. The zero-order chi connectivity index (χ0) is 19.8. The van der Waals surface area contributed by atoms with E-state index >= 15 is 0 Å². The Hall–Kier alpha value is -3.17. The molecule has 3 rings (SSSR count). The third-order valence-corrected chi connectivity index (χ3v) is 3.66. The first kappa shape index (κ1) is 18.6. The van der Waals surface area contributed by atoms with Crippen LogP contribution in [0, 0.1) is 0 Å².